The zero-order valence-electron chi connectivity index (χ0n) is 7.40. The van der Waals surface area contributed by atoms with Gasteiger partial charge in [0.25, 0.3) is 0 Å². The molecule has 0 amide bonds. The molecule has 1 aromatic heterocycles. The van der Waals surface area contributed by atoms with Gasteiger partial charge in [0.1, 0.15) is 0 Å². The van der Waals surface area contributed by atoms with Crippen molar-refractivity contribution in [1.82, 2.24) is 15.5 Å². The maximum atomic E-state index is 4.60. The van der Waals surface area contributed by atoms with Crippen LogP contribution in [0.15, 0.2) is 28.6 Å². The number of nitrogens with one attached hydrogen (secondary N) is 1. The van der Waals surface area contributed by atoms with Gasteiger partial charge in [-0.3, -0.25) is 0 Å². The summed E-state index contributed by atoms with van der Waals surface area (Å²) in [5.41, 5.74) is 1.26. The lowest BCUT2D eigenvalue weighted by molar-refractivity contribution is 0.415. The summed E-state index contributed by atoms with van der Waals surface area (Å²) >= 11 is 0. The molecule has 0 fully saturated rings. The van der Waals surface area contributed by atoms with Crippen molar-refractivity contribution in [3.63, 3.8) is 0 Å². The van der Waals surface area contributed by atoms with Gasteiger partial charge in [-0.2, -0.15) is 4.98 Å². The van der Waals surface area contributed by atoms with Crippen molar-refractivity contribution in [1.29, 1.82) is 0 Å². The molecule has 1 aliphatic rings. The molecular formula is C9H11N3O. The first-order chi connectivity index (χ1) is 6.34. The quantitative estimate of drug-likeness (QED) is 0.732. The molecule has 68 valence electrons. The summed E-state index contributed by atoms with van der Waals surface area (Å²) < 4.78 is 4.60. The lowest BCUT2D eigenvalue weighted by Crippen LogP contribution is -2.17. The zero-order valence-corrected chi connectivity index (χ0v) is 7.40. The molecule has 0 aliphatic carbocycles. The van der Waals surface area contributed by atoms with Gasteiger partial charge in [-0.1, -0.05) is 17.3 Å². The van der Waals surface area contributed by atoms with E-state index in [1.807, 2.05) is 12.2 Å². The molecule has 0 radical (unpaired) electrons. The predicted octanol–water partition coefficient (Wildman–Crippen LogP) is 1.00. The van der Waals surface area contributed by atoms with Crippen LogP contribution in [0, 0.1) is 0 Å². The first-order valence-electron chi connectivity index (χ1n) is 4.23. The molecule has 1 aromatic rings. The molecule has 2 rings (SSSR count). The minimum absolute atomic E-state index is 0.463. The van der Waals surface area contributed by atoms with Crippen LogP contribution in [0.25, 0.3) is 6.08 Å². The maximum absolute atomic E-state index is 4.60. The maximum Gasteiger partial charge on any atom is 0.214 e. The average Bonchev–Trinajstić information content (AvgIpc) is 2.71. The van der Waals surface area contributed by atoms with E-state index in [1.165, 1.54) is 12.0 Å². The highest BCUT2D eigenvalue weighted by atomic mass is 16.5. The van der Waals surface area contributed by atoms with Gasteiger partial charge in [0.05, 0.1) is 0 Å². The van der Waals surface area contributed by atoms with E-state index in [0.717, 1.165) is 6.54 Å². The van der Waals surface area contributed by atoms with Crippen LogP contribution >= 0.6 is 0 Å². The minimum Gasteiger partial charge on any atom is -0.342 e. The van der Waals surface area contributed by atoms with Crippen molar-refractivity contribution in [3.05, 3.63) is 29.9 Å². The van der Waals surface area contributed by atoms with Gasteiger partial charge in [-0.05, 0) is 18.6 Å². The molecule has 13 heavy (non-hydrogen) atoms. The molecule has 1 N–H and O–H groups in total. The Morgan fingerprint density at radius 1 is 1.62 bits per heavy atom. The fourth-order valence-electron chi connectivity index (χ4n) is 1.27. The van der Waals surface area contributed by atoms with Crippen molar-refractivity contribution in [2.75, 3.05) is 6.54 Å². The Morgan fingerprint density at radius 2 is 2.54 bits per heavy atom. The second-order valence-electron chi connectivity index (χ2n) is 3.03. The molecular weight excluding hydrogens is 166 g/mol. The molecule has 2 heterocycles. The predicted molar refractivity (Wildman–Crippen MR) is 48.9 cm³/mol. The van der Waals surface area contributed by atoms with Crippen molar-refractivity contribution in [3.8, 4) is 0 Å². The van der Waals surface area contributed by atoms with Crippen LogP contribution in [0.4, 0.5) is 0 Å². The fraction of sp³-hybridized carbons (Fsp3) is 0.333. The summed E-state index contributed by atoms with van der Waals surface area (Å²) in [4.78, 5) is 3.88. The smallest absolute Gasteiger partial charge is 0.214 e. The van der Waals surface area contributed by atoms with Gasteiger partial charge in [0.2, 0.25) is 6.39 Å². The Labute approximate surface area is 76.3 Å². The number of hydrogen-bond donors (Lipinski definition) is 1. The Morgan fingerprint density at radius 3 is 3.15 bits per heavy atom. The topological polar surface area (TPSA) is 51.0 Å². The number of aromatic nitrogens is 2. The first-order valence-corrected chi connectivity index (χ1v) is 4.23. The summed E-state index contributed by atoms with van der Waals surface area (Å²) in [7, 11) is 0. The molecule has 0 spiro atoms. The molecule has 0 saturated heterocycles. The van der Waals surface area contributed by atoms with Crippen molar-refractivity contribution in [2.24, 2.45) is 0 Å². The standard InChI is InChI=1S/C9H11N3O/c1-7-4-8(5-10-7)2-3-9-11-6-13-12-9/h2-4,6-7,10H,5H2,1H3/b3-2+/t7-/m1/s1. The lowest BCUT2D eigenvalue weighted by Gasteiger charge is -1.94. The van der Waals surface area contributed by atoms with Gasteiger partial charge in [-0.25, -0.2) is 0 Å². The van der Waals surface area contributed by atoms with Crippen LogP contribution in [0.5, 0.6) is 0 Å². The number of hydrogen-bond acceptors (Lipinski definition) is 4. The van der Waals surface area contributed by atoms with Crippen LogP contribution in [0.2, 0.25) is 0 Å². The van der Waals surface area contributed by atoms with E-state index in [9.17, 15) is 0 Å². The van der Waals surface area contributed by atoms with Gasteiger partial charge < -0.3 is 9.84 Å². The van der Waals surface area contributed by atoms with Crippen LogP contribution in [0.3, 0.4) is 0 Å². The first kappa shape index (κ1) is 8.19. The Bertz CT molecular complexity index is 327. The monoisotopic (exact) mass is 177 g/mol. The van der Waals surface area contributed by atoms with Crippen LogP contribution in [-0.4, -0.2) is 22.7 Å². The molecule has 0 aromatic carbocycles. The third-order valence-electron chi connectivity index (χ3n) is 1.92. The highest BCUT2D eigenvalue weighted by molar-refractivity contribution is 5.46. The molecule has 1 atom stereocenters. The van der Waals surface area contributed by atoms with E-state index in [1.54, 1.807) is 0 Å². The van der Waals surface area contributed by atoms with Crippen molar-refractivity contribution < 1.29 is 4.52 Å². The second kappa shape index (κ2) is 3.53. The third kappa shape index (κ3) is 2.03. The van der Waals surface area contributed by atoms with Gasteiger partial charge in [-0.15, -0.1) is 0 Å². The Kier molecular flexibility index (Phi) is 2.23. The summed E-state index contributed by atoms with van der Waals surface area (Å²) in [5, 5.41) is 6.97. The Balaban J connectivity index is 2.02. The van der Waals surface area contributed by atoms with Crippen LogP contribution < -0.4 is 5.32 Å². The van der Waals surface area contributed by atoms with E-state index < -0.39 is 0 Å². The fourth-order valence-corrected chi connectivity index (χ4v) is 1.27. The molecule has 1 aliphatic heterocycles. The zero-order chi connectivity index (χ0) is 9.10. The third-order valence-corrected chi connectivity index (χ3v) is 1.92. The van der Waals surface area contributed by atoms with Gasteiger partial charge in [0, 0.05) is 12.6 Å². The molecule has 0 saturated carbocycles. The highest BCUT2D eigenvalue weighted by Crippen LogP contribution is 2.07. The largest absolute Gasteiger partial charge is 0.342 e. The minimum atomic E-state index is 0.463. The molecule has 0 bridgehead atoms. The van der Waals surface area contributed by atoms with Crippen LogP contribution in [0.1, 0.15) is 12.7 Å². The normalized spacial score (nSPS) is 22.5. The van der Waals surface area contributed by atoms with E-state index in [-0.39, 0.29) is 0 Å². The molecule has 4 heteroatoms. The van der Waals surface area contributed by atoms with Crippen LogP contribution in [-0.2, 0) is 0 Å². The number of rotatable bonds is 2. The number of nitrogens with zero attached hydrogens (tertiary/aromatic N) is 2. The molecule has 0 unspecified atom stereocenters. The summed E-state index contributed by atoms with van der Waals surface area (Å²) in [5.74, 6) is 0.612. The highest BCUT2D eigenvalue weighted by Gasteiger charge is 2.06. The van der Waals surface area contributed by atoms with Crippen molar-refractivity contribution >= 4 is 6.08 Å². The van der Waals surface area contributed by atoms with Gasteiger partial charge in [0.15, 0.2) is 5.82 Å². The van der Waals surface area contributed by atoms with Gasteiger partial charge >= 0.3 is 0 Å². The second-order valence-corrected chi connectivity index (χ2v) is 3.03. The van der Waals surface area contributed by atoms with E-state index >= 15 is 0 Å². The summed E-state index contributed by atoms with van der Waals surface area (Å²) in [6.45, 7) is 3.03. The van der Waals surface area contributed by atoms with Crippen molar-refractivity contribution in [2.45, 2.75) is 13.0 Å². The summed E-state index contributed by atoms with van der Waals surface area (Å²) in [6, 6.07) is 0.463. The average molecular weight is 177 g/mol. The summed E-state index contributed by atoms with van der Waals surface area (Å²) in [6.07, 6.45) is 7.34. The lowest BCUT2D eigenvalue weighted by atomic mass is 10.2. The SMILES string of the molecule is C[C@@H]1C=C(/C=C/c2ncon2)CN1. The molecule has 4 nitrogen and oxygen atoms in total. The van der Waals surface area contributed by atoms with E-state index in [0.29, 0.717) is 11.9 Å². The van der Waals surface area contributed by atoms with E-state index in [4.69, 9.17) is 0 Å². The van der Waals surface area contributed by atoms with E-state index in [2.05, 4.69) is 33.0 Å². The Hall–Kier alpha value is -1.42.